The van der Waals surface area contributed by atoms with Crippen LogP contribution in [0, 0.1) is 0 Å². The second kappa shape index (κ2) is 9.15. The van der Waals surface area contributed by atoms with Crippen LogP contribution in [0.3, 0.4) is 0 Å². The zero-order valence-electron chi connectivity index (χ0n) is 12.8. The molecular formula is C17H27NO3. The van der Waals surface area contributed by atoms with Crippen molar-refractivity contribution in [1.29, 1.82) is 0 Å². The molecule has 0 bridgehead atoms. The lowest BCUT2D eigenvalue weighted by molar-refractivity contribution is -0.0169. The molecule has 0 spiro atoms. The van der Waals surface area contributed by atoms with E-state index >= 15 is 0 Å². The van der Waals surface area contributed by atoms with Gasteiger partial charge in [-0.05, 0) is 24.8 Å². The second-order valence-electron chi connectivity index (χ2n) is 5.61. The number of nitrogens with one attached hydrogen (secondary N) is 1. The minimum absolute atomic E-state index is 0.220. The van der Waals surface area contributed by atoms with E-state index in [0.29, 0.717) is 19.8 Å². The van der Waals surface area contributed by atoms with Gasteiger partial charge in [-0.25, -0.2) is 0 Å². The van der Waals surface area contributed by atoms with Crippen LogP contribution < -0.4 is 5.32 Å². The molecule has 1 heterocycles. The summed E-state index contributed by atoms with van der Waals surface area (Å²) in [6, 6.07) is 10.6. The first-order valence-electron chi connectivity index (χ1n) is 7.95. The quantitative estimate of drug-likeness (QED) is 0.733. The van der Waals surface area contributed by atoms with Crippen molar-refractivity contribution in [3.8, 4) is 0 Å². The topological polar surface area (TPSA) is 50.7 Å². The molecule has 1 aliphatic heterocycles. The van der Waals surface area contributed by atoms with Crippen LogP contribution in [0.2, 0.25) is 0 Å². The van der Waals surface area contributed by atoms with Crippen molar-refractivity contribution in [3.05, 3.63) is 35.9 Å². The molecule has 0 aliphatic carbocycles. The average molecular weight is 293 g/mol. The lowest BCUT2D eigenvalue weighted by Gasteiger charge is -2.20. The maximum Gasteiger partial charge on any atom is 0.0897 e. The molecule has 118 valence electrons. The van der Waals surface area contributed by atoms with Gasteiger partial charge in [-0.1, -0.05) is 37.3 Å². The van der Waals surface area contributed by atoms with E-state index in [9.17, 15) is 5.11 Å². The standard InChI is InChI=1S/C17H27NO3/c1-2-17(14-7-4-3-5-8-14)18-11-15(19)12-20-13-16-9-6-10-21-16/h3-5,7-8,15-19H,2,6,9-13H2,1H3. The number of aliphatic hydroxyl groups excluding tert-OH is 1. The van der Waals surface area contributed by atoms with Gasteiger partial charge >= 0.3 is 0 Å². The zero-order chi connectivity index (χ0) is 14.9. The van der Waals surface area contributed by atoms with E-state index in [2.05, 4.69) is 24.4 Å². The first kappa shape index (κ1) is 16.4. The van der Waals surface area contributed by atoms with E-state index in [1.165, 1.54) is 5.56 Å². The van der Waals surface area contributed by atoms with Gasteiger partial charge in [0, 0.05) is 19.2 Å². The molecular weight excluding hydrogens is 266 g/mol. The van der Waals surface area contributed by atoms with Gasteiger partial charge in [-0.2, -0.15) is 0 Å². The van der Waals surface area contributed by atoms with Crippen LogP contribution in [0.1, 0.15) is 37.8 Å². The van der Waals surface area contributed by atoms with Crippen LogP contribution in [-0.2, 0) is 9.47 Å². The third kappa shape index (κ3) is 5.75. The minimum Gasteiger partial charge on any atom is -0.389 e. The van der Waals surface area contributed by atoms with Gasteiger partial charge in [0.15, 0.2) is 0 Å². The van der Waals surface area contributed by atoms with E-state index in [1.807, 2.05) is 18.2 Å². The number of hydrogen-bond acceptors (Lipinski definition) is 4. The van der Waals surface area contributed by atoms with Crippen LogP contribution >= 0.6 is 0 Å². The normalized spacial score (nSPS) is 21.3. The largest absolute Gasteiger partial charge is 0.389 e. The van der Waals surface area contributed by atoms with E-state index in [-0.39, 0.29) is 12.1 Å². The molecule has 21 heavy (non-hydrogen) atoms. The van der Waals surface area contributed by atoms with E-state index in [4.69, 9.17) is 9.47 Å². The van der Waals surface area contributed by atoms with Gasteiger partial charge in [-0.15, -0.1) is 0 Å². The van der Waals surface area contributed by atoms with Crippen molar-refractivity contribution >= 4 is 0 Å². The molecule has 0 aromatic heterocycles. The van der Waals surface area contributed by atoms with Crippen LogP contribution in [0.25, 0.3) is 0 Å². The molecule has 0 amide bonds. The summed E-state index contributed by atoms with van der Waals surface area (Å²) in [4.78, 5) is 0. The first-order valence-corrected chi connectivity index (χ1v) is 7.95. The average Bonchev–Trinajstić information content (AvgIpc) is 3.02. The lowest BCUT2D eigenvalue weighted by atomic mass is 10.0. The van der Waals surface area contributed by atoms with Gasteiger partial charge in [0.2, 0.25) is 0 Å². The third-order valence-electron chi connectivity index (χ3n) is 3.85. The fraction of sp³-hybridized carbons (Fsp3) is 0.647. The van der Waals surface area contributed by atoms with Gasteiger partial charge in [0.25, 0.3) is 0 Å². The van der Waals surface area contributed by atoms with E-state index in [1.54, 1.807) is 0 Å². The maximum absolute atomic E-state index is 9.99. The van der Waals surface area contributed by atoms with Gasteiger partial charge in [-0.3, -0.25) is 0 Å². The van der Waals surface area contributed by atoms with Crippen LogP contribution in [0.5, 0.6) is 0 Å². The minimum atomic E-state index is -0.482. The molecule has 1 aliphatic rings. The highest BCUT2D eigenvalue weighted by Gasteiger charge is 2.16. The molecule has 1 saturated heterocycles. The van der Waals surface area contributed by atoms with Gasteiger partial charge < -0.3 is 19.9 Å². The van der Waals surface area contributed by atoms with Crippen LogP contribution in [0.15, 0.2) is 30.3 Å². The Morgan fingerprint density at radius 3 is 2.86 bits per heavy atom. The van der Waals surface area contributed by atoms with Crippen molar-refractivity contribution < 1.29 is 14.6 Å². The first-order chi connectivity index (χ1) is 10.3. The number of hydrogen-bond donors (Lipinski definition) is 2. The summed E-state index contributed by atoms with van der Waals surface area (Å²) in [5.41, 5.74) is 1.26. The fourth-order valence-corrected chi connectivity index (χ4v) is 2.63. The highest BCUT2D eigenvalue weighted by Crippen LogP contribution is 2.15. The summed E-state index contributed by atoms with van der Waals surface area (Å²) in [6.07, 6.45) is 2.92. The van der Waals surface area contributed by atoms with Crippen molar-refractivity contribution in [3.63, 3.8) is 0 Å². The third-order valence-corrected chi connectivity index (χ3v) is 3.85. The summed E-state index contributed by atoms with van der Waals surface area (Å²) in [7, 11) is 0. The molecule has 1 aromatic carbocycles. The van der Waals surface area contributed by atoms with Crippen molar-refractivity contribution in [2.45, 2.75) is 44.4 Å². The highest BCUT2D eigenvalue weighted by atomic mass is 16.5. The molecule has 0 radical (unpaired) electrons. The number of ether oxygens (including phenoxy) is 2. The number of benzene rings is 1. The van der Waals surface area contributed by atoms with Crippen molar-refractivity contribution in [2.75, 3.05) is 26.4 Å². The second-order valence-corrected chi connectivity index (χ2v) is 5.61. The maximum atomic E-state index is 9.99. The van der Waals surface area contributed by atoms with E-state index in [0.717, 1.165) is 25.9 Å². The van der Waals surface area contributed by atoms with Crippen molar-refractivity contribution in [1.82, 2.24) is 5.32 Å². The summed E-state index contributed by atoms with van der Waals surface area (Å²) >= 11 is 0. The predicted octanol–water partition coefficient (Wildman–Crippen LogP) is 2.28. The smallest absolute Gasteiger partial charge is 0.0897 e. The predicted molar refractivity (Wildman–Crippen MR) is 83.3 cm³/mol. The summed E-state index contributed by atoms with van der Waals surface area (Å²) in [5.74, 6) is 0. The fourth-order valence-electron chi connectivity index (χ4n) is 2.63. The summed E-state index contributed by atoms with van der Waals surface area (Å²) in [6.45, 7) is 4.47. The highest BCUT2D eigenvalue weighted by molar-refractivity contribution is 5.18. The molecule has 2 N–H and O–H groups in total. The molecule has 3 atom stereocenters. The molecule has 0 saturated carbocycles. The van der Waals surface area contributed by atoms with Crippen molar-refractivity contribution in [2.24, 2.45) is 0 Å². The van der Waals surface area contributed by atoms with Crippen LogP contribution in [-0.4, -0.2) is 43.7 Å². The number of aliphatic hydroxyl groups is 1. The Hall–Kier alpha value is -0.940. The summed E-state index contributed by atoms with van der Waals surface area (Å²) in [5, 5.41) is 13.4. The molecule has 3 unspecified atom stereocenters. The monoisotopic (exact) mass is 293 g/mol. The molecule has 1 fully saturated rings. The Balaban J connectivity index is 1.63. The number of rotatable bonds is 9. The van der Waals surface area contributed by atoms with E-state index < -0.39 is 6.10 Å². The Morgan fingerprint density at radius 1 is 1.38 bits per heavy atom. The SMILES string of the molecule is CCC(NCC(O)COCC1CCCO1)c1ccccc1. The lowest BCUT2D eigenvalue weighted by Crippen LogP contribution is -2.33. The molecule has 2 rings (SSSR count). The van der Waals surface area contributed by atoms with Gasteiger partial charge in [0.05, 0.1) is 25.4 Å². The molecule has 4 heteroatoms. The van der Waals surface area contributed by atoms with Gasteiger partial charge in [0.1, 0.15) is 0 Å². The molecule has 4 nitrogen and oxygen atoms in total. The molecule has 1 aromatic rings. The Morgan fingerprint density at radius 2 is 2.19 bits per heavy atom. The zero-order valence-corrected chi connectivity index (χ0v) is 12.8. The summed E-state index contributed by atoms with van der Waals surface area (Å²) < 4.78 is 11.0. The Bertz CT molecular complexity index is 379. The Kier molecular flexibility index (Phi) is 7.16. The Labute approximate surface area is 127 Å². The van der Waals surface area contributed by atoms with Crippen LogP contribution in [0.4, 0.5) is 0 Å².